The van der Waals surface area contributed by atoms with Crippen molar-refractivity contribution in [3.63, 3.8) is 0 Å². The molecule has 0 saturated carbocycles. The number of rotatable bonds is 4. The minimum absolute atomic E-state index is 0.231. The summed E-state index contributed by atoms with van der Waals surface area (Å²) in [4.78, 5) is 17.5. The third kappa shape index (κ3) is 4.29. The second-order valence-corrected chi connectivity index (χ2v) is 8.95. The number of amidine groups is 1. The topological polar surface area (TPSA) is 116 Å². The van der Waals surface area contributed by atoms with E-state index in [-0.39, 0.29) is 11.5 Å². The van der Waals surface area contributed by atoms with Crippen LogP contribution in [-0.4, -0.2) is 38.7 Å². The standard InChI is InChI=1S/C24H24ClN8/c1-24(2,3)33-20-8-5-14(15-11-29-23(27)30-12-15)9-19(20)32-22(33)18-10-16(25)6-7-17(18)21(28-4)31-13-26/h5-13H,1-4H3,(H3-,26,27,28,29,30,31)/q-1. The normalized spacial score (nSPS) is 12.2. The second kappa shape index (κ2) is 8.63. The van der Waals surface area contributed by atoms with Gasteiger partial charge in [0.15, 0.2) is 0 Å². The van der Waals surface area contributed by atoms with E-state index in [0.717, 1.165) is 45.5 Å². The molecule has 8 nitrogen and oxygen atoms in total. The smallest absolute Gasteiger partial charge is 0.219 e. The number of imidazole rings is 1. The van der Waals surface area contributed by atoms with Crippen LogP contribution in [0.15, 0.2) is 53.8 Å². The number of benzene rings is 2. The molecule has 0 aliphatic heterocycles. The number of nitrogens with two attached hydrogens (primary N) is 1. The van der Waals surface area contributed by atoms with Crippen LogP contribution in [-0.2, 0) is 5.54 Å². The molecule has 0 unspecified atom stereocenters. The molecule has 0 fully saturated rings. The van der Waals surface area contributed by atoms with Crippen LogP contribution in [0.4, 0.5) is 5.95 Å². The Balaban J connectivity index is 1.99. The van der Waals surface area contributed by atoms with Gasteiger partial charge in [-0.1, -0.05) is 23.7 Å². The number of halogens is 1. The van der Waals surface area contributed by atoms with E-state index in [2.05, 4.69) is 45.6 Å². The summed E-state index contributed by atoms with van der Waals surface area (Å²) in [6.07, 6.45) is 4.25. The Hall–Kier alpha value is -3.78. The van der Waals surface area contributed by atoms with E-state index in [0.29, 0.717) is 10.9 Å². The van der Waals surface area contributed by atoms with Gasteiger partial charge in [0.05, 0.1) is 16.9 Å². The van der Waals surface area contributed by atoms with Crippen molar-refractivity contribution in [2.45, 2.75) is 26.3 Å². The molecule has 0 bridgehead atoms. The summed E-state index contributed by atoms with van der Waals surface area (Å²) in [6, 6.07) is 11.6. The molecule has 0 amide bonds. The molecule has 168 valence electrons. The molecule has 2 aromatic carbocycles. The summed E-state index contributed by atoms with van der Waals surface area (Å²) in [5, 5.41) is 12.7. The molecule has 9 heteroatoms. The first-order valence-corrected chi connectivity index (χ1v) is 10.7. The maximum Gasteiger partial charge on any atom is 0.219 e. The number of anilines is 1. The van der Waals surface area contributed by atoms with Gasteiger partial charge in [0, 0.05) is 46.7 Å². The fraction of sp³-hybridized carbons (Fsp3) is 0.208. The summed E-state index contributed by atoms with van der Waals surface area (Å²) in [7, 11) is 1.65. The van der Waals surface area contributed by atoms with Gasteiger partial charge in [-0.15, -0.1) is 6.34 Å². The van der Waals surface area contributed by atoms with E-state index in [9.17, 15) is 5.41 Å². The van der Waals surface area contributed by atoms with Crippen LogP contribution in [0.1, 0.15) is 26.3 Å². The molecule has 0 spiro atoms. The van der Waals surface area contributed by atoms with Crippen LogP contribution < -0.4 is 11.1 Å². The first kappa shape index (κ1) is 22.4. The van der Waals surface area contributed by atoms with Crippen molar-refractivity contribution in [3.05, 3.63) is 64.8 Å². The summed E-state index contributed by atoms with van der Waals surface area (Å²) in [6.45, 7) is 6.37. The highest BCUT2D eigenvalue weighted by Crippen LogP contribution is 2.35. The Morgan fingerprint density at radius 3 is 2.48 bits per heavy atom. The van der Waals surface area contributed by atoms with E-state index in [1.165, 1.54) is 0 Å². The lowest BCUT2D eigenvalue weighted by molar-refractivity contribution is 0.413. The number of hydrogen-bond acceptors (Lipinski definition) is 5. The Kier molecular flexibility index (Phi) is 5.86. The number of nitrogens with one attached hydrogen (secondary N) is 1. The van der Waals surface area contributed by atoms with Crippen molar-refractivity contribution in [2.24, 2.45) is 4.99 Å². The van der Waals surface area contributed by atoms with Crippen molar-refractivity contribution in [1.82, 2.24) is 24.8 Å². The number of aromatic nitrogens is 4. The summed E-state index contributed by atoms with van der Waals surface area (Å²) in [5.74, 6) is 1.47. The predicted molar refractivity (Wildman–Crippen MR) is 136 cm³/mol. The minimum atomic E-state index is -0.282. The first-order valence-electron chi connectivity index (χ1n) is 10.3. The van der Waals surface area contributed by atoms with Crippen LogP contribution >= 0.6 is 11.6 Å². The highest BCUT2D eigenvalue weighted by molar-refractivity contribution is 6.31. The Labute approximate surface area is 197 Å². The second-order valence-electron chi connectivity index (χ2n) is 8.51. The van der Waals surface area contributed by atoms with Gasteiger partial charge in [-0.2, -0.15) is 0 Å². The molecule has 4 aromatic rings. The van der Waals surface area contributed by atoms with Crippen LogP contribution in [0.3, 0.4) is 0 Å². The Morgan fingerprint density at radius 2 is 1.85 bits per heavy atom. The van der Waals surface area contributed by atoms with Gasteiger partial charge in [0.2, 0.25) is 5.95 Å². The fourth-order valence-electron chi connectivity index (χ4n) is 3.84. The van der Waals surface area contributed by atoms with E-state index >= 15 is 0 Å². The van der Waals surface area contributed by atoms with Crippen molar-refractivity contribution >= 4 is 40.8 Å². The fourth-order valence-corrected chi connectivity index (χ4v) is 4.01. The van der Waals surface area contributed by atoms with Crippen LogP contribution in [0.2, 0.25) is 5.02 Å². The average molecular weight is 460 g/mol. The maximum atomic E-state index is 9.32. The van der Waals surface area contributed by atoms with Gasteiger partial charge in [-0.25, -0.2) is 15.0 Å². The molecular weight excluding hydrogens is 436 g/mol. The van der Waals surface area contributed by atoms with Gasteiger partial charge >= 0.3 is 0 Å². The number of hydrogen-bond donors (Lipinski definition) is 2. The monoisotopic (exact) mass is 459 g/mol. The number of aliphatic imine (C=N–C) groups is 1. The van der Waals surface area contributed by atoms with Crippen molar-refractivity contribution in [2.75, 3.05) is 12.8 Å². The molecule has 3 N–H and O–H groups in total. The molecule has 0 atom stereocenters. The van der Waals surface area contributed by atoms with Gasteiger partial charge in [0.1, 0.15) is 5.82 Å². The lowest BCUT2D eigenvalue weighted by Crippen LogP contribution is -2.25. The van der Waals surface area contributed by atoms with Crippen molar-refractivity contribution in [1.29, 1.82) is 0 Å². The van der Waals surface area contributed by atoms with Crippen molar-refractivity contribution < 1.29 is 0 Å². The SMILES string of the molecule is CN=C(NC=[N-])c1ccc(Cl)cc1-c1nc2cc(-c3cnc(N)nc3)ccc2n1C(C)(C)C. The quantitative estimate of drug-likeness (QED) is 0.338. The number of nitrogen functional groups attached to an aromatic ring is 1. The molecule has 0 saturated heterocycles. The lowest BCUT2D eigenvalue weighted by atomic mass is 10.0. The van der Waals surface area contributed by atoms with Crippen molar-refractivity contribution in [3.8, 4) is 22.5 Å². The van der Waals surface area contributed by atoms with E-state index in [1.807, 2.05) is 30.3 Å². The molecule has 0 aliphatic rings. The third-order valence-corrected chi connectivity index (χ3v) is 5.47. The highest BCUT2D eigenvalue weighted by atomic mass is 35.5. The van der Waals surface area contributed by atoms with E-state index in [4.69, 9.17) is 22.3 Å². The predicted octanol–water partition coefficient (Wildman–Crippen LogP) is 4.71. The largest absolute Gasteiger partial charge is 0.472 e. The molecule has 33 heavy (non-hydrogen) atoms. The zero-order chi connectivity index (χ0) is 23.8. The van der Waals surface area contributed by atoms with Crippen LogP contribution in [0.5, 0.6) is 0 Å². The third-order valence-electron chi connectivity index (χ3n) is 5.23. The molecule has 0 radical (unpaired) electrons. The first-order chi connectivity index (χ1) is 15.7. The zero-order valence-corrected chi connectivity index (χ0v) is 19.6. The van der Waals surface area contributed by atoms with Crippen LogP contribution in [0, 0.1) is 0 Å². The minimum Gasteiger partial charge on any atom is -0.472 e. The Bertz CT molecular complexity index is 1360. The van der Waals surface area contributed by atoms with E-state index < -0.39 is 0 Å². The summed E-state index contributed by atoms with van der Waals surface area (Å²) >= 11 is 6.40. The van der Waals surface area contributed by atoms with E-state index in [1.54, 1.807) is 25.5 Å². The van der Waals surface area contributed by atoms with Gasteiger partial charge < -0.3 is 21.0 Å². The molecule has 2 aromatic heterocycles. The number of nitrogens with zero attached hydrogens (tertiary/aromatic N) is 6. The zero-order valence-electron chi connectivity index (χ0n) is 18.8. The number of fused-ring (bicyclic) bond motifs is 1. The average Bonchev–Trinajstić information content (AvgIpc) is 3.17. The molecule has 0 aliphatic carbocycles. The maximum absolute atomic E-state index is 9.32. The van der Waals surface area contributed by atoms with Crippen LogP contribution in [0.25, 0.3) is 39.0 Å². The van der Waals surface area contributed by atoms with Gasteiger partial charge in [-0.3, -0.25) is 4.99 Å². The molecule has 2 heterocycles. The molecular formula is C24H24ClN8-. The highest BCUT2D eigenvalue weighted by Gasteiger charge is 2.25. The molecule has 4 rings (SSSR count). The summed E-state index contributed by atoms with van der Waals surface area (Å²) in [5.41, 5.74) is 10.5. The van der Waals surface area contributed by atoms with Gasteiger partial charge in [-0.05, 0) is 50.6 Å². The summed E-state index contributed by atoms with van der Waals surface area (Å²) < 4.78 is 2.18. The Morgan fingerprint density at radius 1 is 1.12 bits per heavy atom. The van der Waals surface area contributed by atoms with Gasteiger partial charge in [0.25, 0.3) is 0 Å². The lowest BCUT2D eigenvalue weighted by Gasteiger charge is -2.26.